The highest BCUT2D eigenvalue weighted by molar-refractivity contribution is 7.99. The molecule has 0 saturated heterocycles. The molecule has 0 atom stereocenters. The molecule has 1 fully saturated rings. The Kier molecular flexibility index (Phi) is 3.95. The number of nitrogens with one attached hydrogen (secondary N) is 1. The van der Waals surface area contributed by atoms with E-state index in [2.05, 4.69) is 34.3 Å². The minimum atomic E-state index is 0.541. The lowest BCUT2D eigenvalue weighted by Crippen LogP contribution is -2.16. The van der Waals surface area contributed by atoms with E-state index in [1.165, 1.54) is 18.4 Å². The lowest BCUT2D eigenvalue weighted by molar-refractivity contribution is 0.565. The maximum atomic E-state index is 4.03. The fourth-order valence-corrected chi connectivity index (χ4v) is 2.20. The zero-order valence-corrected chi connectivity index (χ0v) is 10.3. The second kappa shape index (κ2) is 5.45. The van der Waals surface area contributed by atoms with Crippen LogP contribution in [0.5, 0.6) is 0 Å². The molecule has 1 aromatic rings. The quantitative estimate of drug-likeness (QED) is 0.573. The minimum absolute atomic E-state index is 0.541. The van der Waals surface area contributed by atoms with Gasteiger partial charge >= 0.3 is 0 Å². The van der Waals surface area contributed by atoms with Crippen LogP contribution in [0.3, 0.4) is 0 Å². The molecule has 0 aromatic carbocycles. The van der Waals surface area contributed by atoms with E-state index < -0.39 is 0 Å². The van der Waals surface area contributed by atoms with E-state index in [0.29, 0.717) is 6.04 Å². The molecule has 0 aliphatic heterocycles. The molecule has 0 spiro atoms. The van der Waals surface area contributed by atoms with Gasteiger partial charge in [-0.2, -0.15) is 0 Å². The first kappa shape index (κ1) is 11.6. The van der Waals surface area contributed by atoms with Gasteiger partial charge in [-0.15, -0.1) is 5.10 Å². The van der Waals surface area contributed by atoms with Crippen molar-refractivity contribution in [2.75, 3.05) is 18.8 Å². The predicted octanol–water partition coefficient (Wildman–Crippen LogP) is 1.27. The largest absolute Gasteiger partial charge is 0.313 e. The third-order valence-electron chi connectivity index (χ3n) is 2.39. The standard InChI is InChI=1S/C10H17N5S/c1-3-11-6-8(2)7-16-10-12-13-14-15(10)9-4-5-9/h9,11H,2-7H2,1H3. The van der Waals surface area contributed by atoms with Crippen molar-refractivity contribution in [2.45, 2.75) is 31.0 Å². The fourth-order valence-electron chi connectivity index (χ4n) is 1.35. The maximum absolute atomic E-state index is 4.03. The number of hydrogen-bond acceptors (Lipinski definition) is 5. The number of aromatic nitrogens is 4. The number of nitrogens with zero attached hydrogens (tertiary/aromatic N) is 4. The first-order valence-electron chi connectivity index (χ1n) is 5.59. The minimum Gasteiger partial charge on any atom is -0.313 e. The van der Waals surface area contributed by atoms with Gasteiger partial charge in [0.05, 0.1) is 6.04 Å². The number of thioether (sulfide) groups is 1. The summed E-state index contributed by atoms with van der Waals surface area (Å²) in [6.07, 6.45) is 2.41. The topological polar surface area (TPSA) is 55.6 Å². The summed E-state index contributed by atoms with van der Waals surface area (Å²) in [5.74, 6) is 0.875. The van der Waals surface area contributed by atoms with Crippen LogP contribution in [0.25, 0.3) is 0 Å². The highest BCUT2D eigenvalue weighted by Gasteiger charge is 2.27. The lowest BCUT2D eigenvalue weighted by Gasteiger charge is -2.05. The molecule has 0 unspecified atom stereocenters. The molecule has 0 amide bonds. The van der Waals surface area contributed by atoms with Gasteiger partial charge in [0.2, 0.25) is 5.16 Å². The Morgan fingerprint density at radius 3 is 3.12 bits per heavy atom. The lowest BCUT2D eigenvalue weighted by atomic mass is 10.3. The van der Waals surface area contributed by atoms with Crippen LogP contribution in [0, 0.1) is 0 Å². The molecule has 1 N–H and O–H groups in total. The van der Waals surface area contributed by atoms with Crippen LogP contribution < -0.4 is 5.32 Å². The van der Waals surface area contributed by atoms with Crippen molar-refractivity contribution in [2.24, 2.45) is 0 Å². The third-order valence-corrected chi connectivity index (χ3v) is 3.47. The van der Waals surface area contributed by atoms with Gasteiger partial charge in [-0.05, 0) is 29.8 Å². The van der Waals surface area contributed by atoms with Crippen LogP contribution in [0.1, 0.15) is 25.8 Å². The molecule has 0 radical (unpaired) electrons. The van der Waals surface area contributed by atoms with Crippen LogP contribution in [0.2, 0.25) is 0 Å². The second-order valence-electron chi connectivity index (χ2n) is 3.96. The predicted molar refractivity (Wildman–Crippen MR) is 64.5 cm³/mol. The number of rotatable bonds is 7. The van der Waals surface area contributed by atoms with E-state index >= 15 is 0 Å². The number of hydrogen-bond donors (Lipinski definition) is 1. The Labute approximate surface area is 99.7 Å². The Morgan fingerprint density at radius 1 is 1.62 bits per heavy atom. The fraction of sp³-hybridized carbons (Fsp3) is 0.700. The highest BCUT2D eigenvalue weighted by atomic mass is 32.2. The molecule has 1 heterocycles. The van der Waals surface area contributed by atoms with E-state index in [-0.39, 0.29) is 0 Å². The smallest absolute Gasteiger partial charge is 0.209 e. The zero-order valence-electron chi connectivity index (χ0n) is 9.52. The van der Waals surface area contributed by atoms with Crippen LogP contribution >= 0.6 is 11.8 Å². The summed E-state index contributed by atoms with van der Waals surface area (Å²) in [5, 5.41) is 15.9. The molecule has 1 aliphatic rings. The molecule has 2 rings (SSSR count). The monoisotopic (exact) mass is 239 g/mol. The van der Waals surface area contributed by atoms with Gasteiger partial charge in [-0.25, -0.2) is 4.68 Å². The maximum Gasteiger partial charge on any atom is 0.209 e. The summed E-state index contributed by atoms with van der Waals surface area (Å²) in [6.45, 7) is 7.96. The first-order valence-corrected chi connectivity index (χ1v) is 6.58. The van der Waals surface area contributed by atoms with Crippen molar-refractivity contribution in [3.8, 4) is 0 Å². The van der Waals surface area contributed by atoms with Crippen LogP contribution in [-0.4, -0.2) is 39.0 Å². The first-order chi connectivity index (χ1) is 7.81. The Morgan fingerprint density at radius 2 is 2.44 bits per heavy atom. The Bertz CT molecular complexity index is 358. The van der Waals surface area contributed by atoms with Gasteiger partial charge in [-0.1, -0.05) is 30.8 Å². The normalized spacial score (nSPS) is 15.3. The molecule has 5 nitrogen and oxygen atoms in total. The van der Waals surface area contributed by atoms with Gasteiger partial charge in [0.15, 0.2) is 0 Å². The summed E-state index contributed by atoms with van der Waals surface area (Å²) in [4.78, 5) is 0. The molecule has 88 valence electrons. The van der Waals surface area contributed by atoms with Gasteiger partial charge < -0.3 is 5.32 Å². The molecule has 1 aromatic heterocycles. The molecule has 16 heavy (non-hydrogen) atoms. The molecule has 0 bridgehead atoms. The average Bonchev–Trinajstić information content (AvgIpc) is 3.03. The van der Waals surface area contributed by atoms with Crippen molar-refractivity contribution in [3.63, 3.8) is 0 Å². The zero-order chi connectivity index (χ0) is 11.4. The van der Waals surface area contributed by atoms with Gasteiger partial charge in [0.1, 0.15) is 0 Å². The van der Waals surface area contributed by atoms with Crippen molar-refractivity contribution in [1.82, 2.24) is 25.5 Å². The van der Waals surface area contributed by atoms with Crippen molar-refractivity contribution >= 4 is 11.8 Å². The molecule has 1 aliphatic carbocycles. The average molecular weight is 239 g/mol. The van der Waals surface area contributed by atoms with E-state index in [0.717, 1.165) is 24.0 Å². The van der Waals surface area contributed by atoms with Gasteiger partial charge in [-0.3, -0.25) is 0 Å². The second-order valence-corrected chi connectivity index (χ2v) is 4.90. The van der Waals surface area contributed by atoms with Crippen molar-refractivity contribution < 1.29 is 0 Å². The summed E-state index contributed by atoms with van der Waals surface area (Å²) in [6, 6.07) is 0.541. The summed E-state index contributed by atoms with van der Waals surface area (Å²) >= 11 is 1.67. The van der Waals surface area contributed by atoms with Crippen LogP contribution in [0.15, 0.2) is 17.3 Å². The summed E-state index contributed by atoms with van der Waals surface area (Å²) < 4.78 is 1.94. The third kappa shape index (κ3) is 3.05. The highest BCUT2D eigenvalue weighted by Crippen LogP contribution is 2.36. The molecule has 6 heteroatoms. The van der Waals surface area contributed by atoms with Crippen LogP contribution in [0.4, 0.5) is 0 Å². The van der Waals surface area contributed by atoms with Crippen LogP contribution in [-0.2, 0) is 0 Å². The van der Waals surface area contributed by atoms with Crippen molar-refractivity contribution in [1.29, 1.82) is 0 Å². The van der Waals surface area contributed by atoms with Crippen molar-refractivity contribution in [3.05, 3.63) is 12.2 Å². The van der Waals surface area contributed by atoms with E-state index in [1.54, 1.807) is 11.8 Å². The van der Waals surface area contributed by atoms with E-state index in [4.69, 9.17) is 0 Å². The molecular weight excluding hydrogens is 222 g/mol. The molecule has 1 saturated carbocycles. The van der Waals surface area contributed by atoms with E-state index in [9.17, 15) is 0 Å². The van der Waals surface area contributed by atoms with E-state index in [1.807, 2.05) is 4.68 Å². The Hall–Kier alpha value is -0.880. The number of likely N-dealkylation sites (N-methyl/N-ethyl adjacent to an activating group) is 1. The Balaban J connectivity index is 1.80. The summed E-state index contributed by atoms with van der Waals surface area (Å²) in [5.41, 5.74) is 1.18. The number of tetrazole rings is 1. The molecular formula is C10H17N5S. The SMILES string of the molecule is C=C(CNCC)CSc1nnnn1C1CC1. The van der Waals surface area contributed by atoms with Gasteiger partial charge in [0.25, 0.3) is 0 Å². The van der Waals surface area contributed by atoms with Gasteiger partial charge in [0, 0.05) is 12.3 Å². The summed E-state index contributed by atoms with van der Waals surface area (Å²) in [7, 11) is 0.